The lowest BCUT2D eigenvalue weighted by atomic mass is 9.44. The van der Waals surface area contributed by atoms with Gasteiger partial charge in [0.1, 0.15) is 6.10 Å². The molecule has 2 N–H and O–H groups in total. The van der Waals surface area contributed by atoms with Gasteiger partial charge in [0.05, 0.1) is 6.54 Å². The van der Waals surface area contributed by atoms with E-state index in [-0.39, 0.29) is 18.6 Å². The number of unbranched alkanes of at least 4 members (excludes halogenated alkanes) is 1. The van der Waals surface area contributed by atoms with Gasteiger partial charge in [0.2, 0.25) is 0 Å². The van der Waals surface area contributed by atoms with Crippen LogP contribution in [0.15, 0.2) is 0 Å². The number of ether oxygens (including phenoxy) is 1. The minimum atomic E-state index is -0.222. The zero-order valence-corrected chi connectivity index (χ0v) is 18.6. The summed E-state index contributed by atoms with van der Waals surface area (Å²) in [6, 6.07) is 0. The van der Waals surface area contributed by atoms with Gasteiger partial charge in [-0.1, -0.05) is 33.6 Å². The predicted octanol–water partition coefficient (Wildman–Crippen LogP) is 5.71. The van der Waals surface area contributed by atoms with Crippen molar-refractivity contribution >= 4 is 5.97 Å². The fourth-order valence-corrected chi connectivity index (χ4v) is 8.59. The molecule has 4 aliphatic rings. The van der Waals surface area contributed by atoms with Crippen LogP contribution in [0.4, 0.5) is 0 Å². The number of rotatable bonds is 5. The Kier molecular flexibility index (Phi) is 5.86. The summed E-state index contributed by atoms with van der Waals surface area (Å²) in [5, 5.41) is 0. The Labute approximate surface area is 172 Å². The van der Waals surface area contributed by atoms with E-state index in [9.17, 15) is 4.79 Å². The molecule has 3 nitrogen and oxygen atoms in total. The Morgan fingerprint density at radius 1 is 1.00 bits per heavy atom. The van der Waals surface area contributed by atoms with Crippen LogP contribution < -0.4 is 5.73 Å². The van der Waals surface area contributed by atoms with Gasteiger partial charge >= 0.3 is 5.97 Å². The number of carbonyl (C=O) groups excluding carboxylic acids is 1. The molecule has 28 heavy (non-hydrogen) atoms. The number of nitrogens with two attached hydrogens (primary N) is 1. The fourth-order valence-electron chi connectivity index (χ4n) is 8.59. The van der Waals surface area contributed by atoms with Crippen LogP contribution >= 0.6 is 0 Å². The maximum Gasteiger partial charge on any atom is 0.319 e. The van der Waals surface area contributed by atoms with Crippen molar-refractivity contribution in [3.8, 4) is 0 Å². The SMILES string of the molecule is CCCCC1CCC2[C@@H]3CCC4CC(OC(=O)CN)CCC4(C)C3CC[C@]12C. The summed E-state index contributed by atoms with van der Waals surface area (Å²) >= 11 is 0. The maximum atomic E-state index is 11.7. The zero-order valence-electron chi connectivity index (χ0n) is 18.6. The summed E-state index contributed by atoms with van der Waals surface area (Å²) in [4.78, 5) is 11.7. The Morgan fingerprint density at radius 3 is 2.50 bits per heavy atom. The number of carbonyl (C=O) groups is 1. The van der Waals surface area contributed by atoms with Crippen LogP contribution in [0.25, 0.3) is 0 Å². The average Bonchev–Trinajstić information content (AvgIpc) is 3.02. The monoisotopic (exact) mass is 389 g/mol. The number of hydrogen-bond donors (Lipinski definition) is 1. The molecule has 4 fully saturated rings. The van der Waals surface area contributed by atoms with E-state index in [1.807, 2.05) is 0 Å². The van der Waals surface area contributed by atoms with Crippen LogP contribution in [0.5, 0.6) is 0 Å². The molecule has 0 radical (unpaired) electrons. The van der Waals surface area contributed by atoms with E-state index in [0.29, 0.717) is 10.8 Å². The minimum Gasteiger partial charge on any atom is -0.461 e. The largest absolute Gasteiger partial charge is 0.461 e. The van der Waals surface area contributed by atoms with Crippen LogP contribution in [0.3, 0.4) is 0 Å². The Bertz CT molecular complexity index is 577. The third-order valence-corrected chi connectivity index (χ3v) is 10.2. The van der Waals surface area contributed by atoms with E-state index in [2.05, 4.69) is 20.8 Å². The Morgan fingerprint density at radius 2 is 1.75 bits per heavy atom. The van der Waals surface area contributed by atoms with E-state index in [1.54, 1.807) is 0 Å². The molecular formula is C25H43NO2. The summed E-state index contributed by atoms with van der Waals surface area (Å²) in [6.07, 6.45) is 16.4. The lowest BCUT2D eigenvalue weighted by Gasteiger charge is -2.61. The first-order valence-electron chi connectivity index (χ1n) is 12.3. The van der Waals surface area contributed by atoms with Gasteiger partial charge in [-0.25, -0.2) is 0 Å². The first kappa shape index (κ1) is 20.7. The lowest BCUT2D eigenvalue weighted by molar-refractivity contribution is -0.160. The van der Waals surface area contributed by atoms with Crippen molar-refractivity contribution in [2.75, 3.05) is 6.54 Å². The molecule has 3 heteroatoms. The minimum absolute atomic E-state index is 0.0165. The highest BCUT2D eigenvalue weighted by Crippen LogP contribution is 2.68. The Balaban J connectivity index is 1.46. The summed E-state index contributed by atoms with van der Waals surface area (Å²) in [5.41, 5.74) is 6.55. The van der Waals surface area contributed by atoms with Gasteiger partial charge in [-0.05, 0) is 105 Å². The van der Waals surface area contributed by atoms with Gasteiger partial charge in [0.25, 0.3) is 0 Å². The van der Waals surface area contributed by atoms with Crippen LogP contribution in [-0.4, -0.2) is 18.6 Å². The van der Waals surface area contributed by atoms with E-state index in [1.165, 1.54) is 64.2 Å². The van der Waals surface area contributed by atoms with Crippen LogP contribution in [-0.2, 0) is 9.53 Å². The Hall–Kier alpha value is -0.570. The summed E-state index contributed by atoms with van der Waals surface area (Å²) < 4.78 is 5.64. The molecule has 6 unspecified atom stereocenters. The van der Waals surface area contributed by atoms with E-state index in [0.717, 1.165) is 42.4 Å². The maximum absolute atomic E-state index is 11.7. The predicted molar refractivity (Wildman–Crippen MR) is 114 cm³/mol. The molecule has 0 bridgehead atoms. The normalized spacial score (nSPS) is 47.7. The number of fused-ring (bicyclic) bond motifs is 5. The molecule has 0 aliphatic heterocycles. The smallest absolute Gasteiger partial charge is 0.319 e. The highest BCUT2D eigenvalue weighted by atomic mass is 16.5. The van der Waals surface area contributed by atoms with E-state index in [4.69, 9.17) is 10.5 Å². The number of esters is 1. The first-order valence-corrected chi connectivity index (χ1v) is 12.3. The standard InChI is InChI=1S/C25H43NO2/c1-4-5-6-17-8-10-21-20-9-7-18-15-19(28-23(27)16-26)11-13-25(18,3)22(20)12-14-24(17,21)2/h17-22H,4-16,26H2,1-3H3/t17?,18?,19?,20-,21?,22?,24+,25?/m0/s1. The molecule has 8 atom stereocenters. The van der Waals surface area contributed by atoms with Crippen LogP contribution in [0.1, 0.15) is 97.8 Å². The second-order valence-corrected chi connectivity index (χ2v) is 11.2. The van der Waals surface area contributed by atoms with Gasteiger partial charge in [0, 0.05) is 0 Å². The van der Waals surface area contributed by atoms with Gasteiger partial charge in [0.15, 0.2) is 0 Å². The molecule has 0 aromatic carbocycles. The second-order valence-electron chi connectivity index (χ2n) is 11.2. The molecule has 160 valence electrons. The highest BCUT2D eigenvalue weighted by Gasteiger charge is 2.60. The highest BCUT2D eigenvalue weighted by molar-refractivity contribution is 5.71. The van der Waals surface area contributed by atoms with Crippen molar-refractivity contribution in [2.24, 2.45) is 46.2 Å². The van der Waals surface area contributed by atoms with E-state index < -0.39 is 0 Å². The van der Waals surface area contributed by atoms with Crippen molar-refractivity contribution < 1.29 is 9.53 Å². The van der Waals surface area contributed by atoms with E-state index >= 15 is 0 Å². The fraction of sp³-hybridized carbons (Fsp3) is 0.960. The van der Waals surface area contributed by atoms with Gasteiger partial charge in [-0.2, -0.15) is 0 Å². The van der Waals surface area contributed by atoms with Crippen LogP contribution in [0.2, 0.25) is 0 Å². The second kappa shape index (κ2) is 7.93. The van der Waals surface area contributed by atoms with Gasteiger partial charge in [-0.15, -0.1) is 0 Å². The third kappa shape index (κ3) is 3.34. The van der Waals surface area contributed by atoms with Gasteiger partial charge < -0.3 is 10.5 Å². The summed E-state index contributed by atoms with van der Waals surface area (Å²) in [6.45, 7) is 7.62. The molecule has 0 spiro atoms. The third-order valence-electron chi connectivity index (χ3n) is 10.2. The molecule has 0 aromatic rings. The first-order chi connectivity index (χ1) is 13.4. The molecule has 0 aromatic heterocycles. The van der Waals surface area contributed by atoms with Crippen molar-refractivity contribution in [1.29, 1.82) is 0 Å². The van der Waals surface area contributed by atoms with Crippen molar-refractivity contribution in [2.45, 2.75) is 104 Å². The molecule has 4 aliphatic carbocycles. The molecule has 0 amide bonds. The topological polar surface area (TPSA) is 52.3 Å². The quantitative estimate of drug-likeness (QED) is 0.613. The molecule has 4 rings (SSSR count). The van der Waals surface area contributed by atoms with Crippen molar-refractivity contribution in [3.63, 3.8) is 0 Å². The van der Waals surface area contributed by atoms with Crippen molar-refractivity contribution in [1.82, 2.24) is 0 Å². The van der Waals surface area contributed by atoms with Crippen molar-refractivity contribution in [3.05, 3.63) is 0 Å². The molecular weight excluding hydrogens is 346 g/mol. The summed E-state index contributed by atoms with van der Waals surface area (Å²) in [7, 11) is 0. The van der Waals surface area contributed by atoms with Crippen LogP contribution in [0, 0.1) is 40.4 Å². The lowest BCUT2D eigenvalue weighted by Crippen LogP contribution is -2.54. The zero-order chi connectivity index (χ0) is 19.9. The molecule has 4 saturated carbocycles. The number of hydrogen-bond acceptors (Lipinski definition) is 3. The average molecular weight is 390 g/mol. The molecule has 0 saturated heterocycles. The van der Waals surface area contributed by atoms with Gasteiger partial charge in [-0.3, -0.25) is 4.79 Å². The summed E-state index contributed by atoms with van der Waals surface area (Å²) in [5.74, 6) is 4.32. The molecule has 0 heterocycles.